The summed E-state index contributed by atoms with van der Waals surface area (Å²) in [4.78, 5) is 57.9. The highest BCUT2D eigenvalue weighted by atomic mass is 35.5. The Morgan fingerprint density at radius 1 is 0.376 bits per heavy atom. The highest BCUT2D eigenvalue weighted by Gasteiger charge is 2.32. The molecular formula is C80H134Cl2N4O4Si3. The zero-order chi connectivity index (χ0) is 70.0. The van der Waals surface area contributed by atoms with Gasteiger partial charge in [-0.15, -0.1) is 23.2 Å². The molecule has 0 unspecified atom stereocenters. The molecule has 0 aliphatic carbocycles. The SMILES string of the molecule is C/C=C/c1ccc(C)cc1[Si](C)(C)CCCCCCCC.CCCCCCCC[Si](C)(C)c1cc(C(=O)N(CC)CC)ccc1C(=O)N(CC)CC.CCCCCCCC[Si](C)(C)c1cc(CCl)ccc1CCl.CCN(CC)C(=O)c1ccc(C(=O)N(CC)CC)cc1. The Labute approximate surface area is 584 Å². The zero-order valence-electron chi connectivity index (χ0n) is 62.8. The van der Waals surface area contributed by atoms with Gasteiger partial charge in [0.2, 0.25) is 0 Å². The van der Waals surface area contributed by atoms with Gasteiger partial charge >= 0.3 is 0 Å². The normalized spacial score (nSPS) is 11.5. The van der Waals surface area contributed by atoms with Crippen LogP contribution < -0.4 is 15.6 Å². The van der Waals surface area contributed by atoms with Crippen molar-refractivity contribution < 1.29 is 19.2 Å². The molecule has 0 bridgehead atoms. The summed E-state index contributed by atoms with van der Waals surface area (Å²) in [5, 5.41) is 4.31. The molecule has 0 radical (unpaired) electrons. The molecule has 4 amide bonds. The minimum absolute atomic E-state index is 0.0110. The topological polar surface area (TPSA) is 81.2 Å². The number of halogens is 2. The van der Waals surface area contributed by atoms with Crippen molar-refractivity contribution in [3.8, 4) is 0 Å². The summed E-state index contributed by atoms with van der Waals surface area (Å²) in [7, 11) is -4.59. The fourth-order valence-electron chi connectivity index (χ4n) is 12.4. The smallest absolute Gasteiger partial charge is 0.253 e. The predicted octanol–water partition coefficient (Wildman–Crippen LogP) is 21.3. The lowest BCUT2D eigenvalue weighted by atomic mass is 10.1. The largest absolute Gasteiger partial charge is 0.339 e. The molecule has 0 aromatic heterocycles. The molecule has 0 fully saturated rings. The lowest BCUT2D eigenvalue weighted by Crippen LogP contribution is -2.47. The summed E-state index contributed by atoms with van der Waals surface area (Å²) in [5.41, 5.74) is 8.18. The molecule has 0 heterocycles. The summed E-state index contributed by atoms with van der Waals surface area (Å²) < 4.78 is 0. The van der Waals surface area contributed by atoms with E-state index in [0.717, 1.165) is 22.4 Å². The van der Waals surface area contributed by atoms with Crippen molar-refractivity contribution in [1.82, 2.24) is 19.6 Å². The van der Waals surface area contributed by atoms with Crippen LogP contribution in [0.2, 0.25) is 57.4 Å². The Morgan fingerprint density at radius 2 is 0.731 bits per heavy atom. The highest BCUT2D eigenvalue weighted by molar-refractivity contribution is 6.91. The molecule has 0 aliphatic heterocycles. The fraction of sp³-hybridized carbons (Fsp3) is 0.625. The number of unbranched alkanes of at least 4 members (excludes halogenated alkanes) is 15. The number of rotatable bonds is 39. The molecule has 8 nitrogen and oxygen atoms in total. The Hall–Kier alpha value is -4.27. The number of aryl methyl sites for hydroxylation is 1. The van der Waals surface area contributed by atoms with Gasteiger partial charge in [0.05, 0.1) is 24.2 Å². The van der Waals surface area contributed by atoms with E-state index in [0.29, 0.717) is 75.2 Å². The van der Waals surface area contributed by atoms with E-state index in [1.165, 1.54) is 155 Å². The number of hydrogen-bond donors (Lipinski definition) is 0. The van der Waals surface area contributed by atoms with Gasteiger partial charge in [-0.05, 0) is 134 Å². The molecule has 524 valence electrons. The second-order valence-corrected chi connectivity index (χ2v) is 42.3. The van der Waals surface area contributed by atoms with Crippen molar-refractivity contribution in [3.05, 3.63) is 129 Å². The van der Waals surface area contributed by atoms with E-state index in [4.69, 9.17) is 23.2 Å². The first-order valence-electron chi connectivity index (χ1n) is 36.8. The van der Waals surface area contributed by atoms with Crippen LogP contribution in [0.4, 0.5) is 0 Å². The van der Waals surface area contributed by atoms with Crippen molar-refractivity contribution in [2.75, 3.05) is 52.4 Å². The van der Waals surface area contributed by atoms with Gasteiger partial charge in [-0.3, -0.25) is 19.2 Å². The van der Waals surface area contributed by atoms with E-state index in [-0.39, 0.29) is 23.6 Å². The second kappa shape index (κ2) is 48.4. The lowest BCUT2D eigenvalue weighted by Gasteiger charge is -2.29. The van der Waals surface area contributed by atoms with Crippen LogP contribution in [-0.2, 0) is 11.8 Å². The van der Waals surface area contributed by atoms with Gasteiger partial charge in [-0.25, -0.2) is 0 Å². The lowest BCUT2D eigenvalue weighted by molar-refractivity contribution is 0.0760. The Bertz CT molecular complexity index is 2710. The zero-order valence-corrected chi connectivity index (χ0v) is 67.3. The van der Waals surface area contributed by atoms with E-state index < -0.39 is 24.2 Å². The van der Waals surface area contributed by atoms with Gasteiger partial charge in [0.1, 0.15) is 0 Å². The van der Waals surface area contributed by atoms with E-state index in [9.17, 15) is 19.2 Å². The van der Waals surface area contributed by atoms with Gasteiger partial charge in [0.25, 0.3) is 23.6 Å². The van der Waals surface area contributed by atoms with Crippen molar-refractivity contribution in [1.29, 1.82) is 0 Å². The number of benzene rings is 4. The van der Waals surface area contributed by atoms with Crippen molar-refractivity contribution in [2.24, 2.45) is 0 Å². The molecular weight excluding hydrogens is 1240 g/mol. The molecule has 0 N–H and O–H groups in total. The van der Waals surface area contributed by atoms with Gasteiger partial charge in [0.15, 0.2) is 0 Å². The van der Waals surface area contributed by atoms with E-state index in [1.807, 2.05) is 77.3 Å². The Kier molecular flexibility index (Phi) is 45.2. The Balaban J connectivity index is 0.000000631. The van der Waals surface area contributed by atoms with Crippen LogP contribution in [0.5, 0.6) is 0 Å². The maximum Gasteiger partial charge on any atom is 0.253 e. The summed E-state index contributed by atoms with van der Waals surface area (Å²) in [5.74, 6) is 1.40. The van der Waals surface area contributed by atoms with E-state index >= 15 is 0 Å². The standard InChI is InChI=1S/C26H46N2O2Si.C20H34Si.C18H30Cl2Si.C16H24N2O2/c1-8-13-14-15-16-17-20-31(6,7)24-21-22(25(29)27(9-2)10-3)18-19-23(24)26(30)28(11-4)12-5;1-6-8-9-10-11-12-16-21(4,5)20-17-18(3)14-15-19(20)13-7-2;1-4-5-6-7-8-9-12-21(2,3)18-13-16(14-19)10-11-17(18)15-20;1-5-17(6-2)15(19)13-9-11-14(12-10-13)16(20)18(7-3)8-4/h18-19,21H,8-17,20H2,1-7H3;7,13-15,17H,6,8-12,16H2,1-5H3;10-11,13H,4-9,12,14-15H2,1-3H3;9-12H,5-8H2,1-4H3/b;13-7+;;. The summed E-state index contributed by atoms with van der Waals surface area (Å²) in [6, 6.07) is 30.3. The van der Waals surface area contributed by atoms with Crippen LogP contribution in [0.3, 0.4) is 0 Å². The summed E-state index contributed by atoms with van der Waals surface area (Å²) >= 11 is 12.1. The summed E-state index contributed by atoms with van der Waals surface area (Å²) in [6.45, 7) is 47.4. The molecule has 4 rings (SSSR count). The fourth-order valence-corrected chi connectivity index (χ4v) is 21.8. The molecule has 0 spiro atoms. The number of alkyl halides is 2. The first kappa shape index (κ1) is 86.7. The van der Waals surface area contributed by atoms with Crippen molar-refractivity contribution in [3.63, 3.8) is 0 Å². The third kappa shape index (κ3) is 30.8. The predicted molar refractivity (Wildman–Crippen MR) is 419 cm³/mol. The second-order valence-electron chi connectivity index (χ2n) is 27.3. The molecule has 0 aliphatic rings. The maximum atomic E-state index is 13.3. The van der Waals surface area contributed by atoms with Crippen LogP contribution in [0.15, 0.2) is 84.9 Å². The van der Waals surface area contributed by atoms with Crippen LogP contribution >= 0.6 is 23.2 Å². The number of allylic oxidation sites excluding steroid dienone is 1. The summed E-state index contributed by atoms with van der Waals surface area (Å²) in [6.07, 6.45) is 28.8. The first-order chi connectivity index (χ1) is 44.4. The molecule has 0 saturated carbocycles. The average molecular weight is 1370 g/mol. The third-order valence-corrected chi connectivity index (χ3v) is 29.9. The van der Waals surface area contributed by atoms with Gasteiger partial charge in [-0.1, -0.05) is 258 Å². The van der Waals surface area contributed by atoms with Crippen molar-refractivity contribution in [2.45, 2.75) is 275 Å². The number of amides is 4. The van der Waals surface area contributed by atoms with Crippen LogP contribution in [0, 0.1) is 6.92 Å². The minimum atomic E-state index is -1.88. The van der Waals surface area contributed by atoms with Crippen LogP contribution in [0.1, 0.15) is 262 Å². The third-order valence-electron chi connectivity index (χ3n) is 18.8. The quantitative estimate of drug-likeness (QED) is 0.0253. The minimum Gasteiger partial charge on any atom is -0.339 e. The number of nitrogens with zero attached hydrogens (tertiary/aromatic N) is 4. The monoisotopic (exact) mass is 1370 g/mol. The van der Waals surface area contributed by atoms with Gasteiger partial charge in [-0.2, -0.15) is 0 Å². The molecule has 93 heavy (non-hydrogen) atoms. The number of carbonyl (C=O) groups excluding carboxylic acids is 4. The highest BCUT2D eigenvalue weighted by Crippen LogP contribution is 2.24. The van der Waals surface area contributed by atoms with Gasteiger partial charge < -0.3 is 19.6 Å². The molecule has 4 aromatic rings. The molecule has 0 atom stereocenters. The van der Waals surface area contributed by atoms with Crippen LogP contribution in [-0.4, -0.2) is 120 Å². The average Bonchev–Trinajstić information content (AvgIpc) is 0.818. The molecule has 4 aromatic carbocycles. The van der Waals surface area contributed by atoms with Gasteiger partial charge in [0, 0.05) is 86.4 Å². The maximum absolute atomic E-state index is 13.3. The van der Waals surface area contributed by atoms with E-state index in [1.54, 1.807) is 39.3 Å². The molecule has 0 saturated heterocycles. The molecule has 13 heteroatoms. The Morgan fingerprint density at radius 3 is 1.11 bits per heavy atom. The number of carbonyl (C=O) groups is 4. The first-order valence-corrected chi connectivity index (χ1v) is 47.5. The number of hydrogen-bond acceptors (Lipinski definition) is 4. The van der Waals surface area contributed by atoms with Crippen LogP contribution in [0.25, 0.3) is 6.08 Å². The van der Waals surface area contributed by atoms with Crippen molar-refractivity contribution >= 4 is 92.7 Å². The van der Waals surface area contributed by atoms with E-state index in [2.05, 4.69) is 129 Å².